The van der Waals surface area contributed by atoms with Gasteiger partial charge in [0.2, 0.25) is 0 Å². The molecule has 0 saturated heterocycles. The van der Waals surface area contributed by atoms with Crippen LogP contribution in [0.3, 0.4) is 0 Å². The van der Waals surface area contributed by atoms with E-state index in [9.17, 15) is 45.8 Å². The van der Waals surface area contributed by atoms with Gasteiger partial charge in [-0.15, -0.1) is 0 Å². The van der Waals surface area contributed by atoms with Gasteiger partial charge in [-0.05, 0) is 53.6 Å². The molecule has 46 heavy (non-hydrogen) atoms. The maximum atomic E-state index is 13.2. The minimum Gasteiger partial charge on any atom is -0.489 e. The molecule has 1 aromatic heterocycles. The molecule has 5 aromatic rings. The van der Waals surface area contributed by atoms with Gasteiger partial charge in [0.05, 0.1) is 22.3 Å². The van der Waals surface area contributed by atoms with E-state index in [1.54, 1.807) is 53.1 Å². The lowest BCUT2D eigenvalue weighted by atomic mass is 10.1. The highest BCUT2D eigenvalue weighted by atomic mass is 19.4. The van der Waals surface area contributed by atoms with E-state index < -0.39 is 46.9 Å². The topological polar surface area (TPSA) is 97.6 Å². The van der Waals surface area contributed by atoms with Crippen LogP contribution < -0.4 is 10.1 Å². The first-order chi connectivity index (χ1) is 21.7. The largest absolute Gasteiger partial charge is 0.489 e. The third-order valence-electron chi connectivity index (χ3n) is 6.95. The van der Waals surface area contributed by atoms with E-state index in [0.717, 1.165) is 5.56 Å². The zero-order valence-corrected chi connectivity index (χ0v) is 23.4. The number of carboxylic acid groups (broad SMARTS) is 1. The number of fused-ring (bicyclic) bond motifs is 1. The van der Waals surface area contributed by atoms with Crippen LogP contribution >= 0.6 is 0 Å². The minimum absolute atomic E-state index is 0.0259. The second-order valence-electron chi connectivity index (χ2n) is 10.2. The van der Waals surface area contributed by atoms with Crippen LogP contribution in [0.4, 0.5) is 32.0 Å². The SMILES string of the molecule is O=C(Nc1cccc(C(=O)O)c1)C(=O)c1cn(Cc2ccc(COc3cc(C(F)(F)F)cc(C(F)(F)F)c3)cc2)c2ccccc12. The average Bonchev–Trinajstić information content (AvgIpc) is 3.37. The van der Waals surface area contributed by atoms with Crippen LogP contribution in [0.1, 0.15) is 43.0 Å². The van der Waals surface area contributed by atoms with Gasteiger partial charge in [-0.25, -0.2) is 4.79 Å². The van der Waals surface area contributed by atoms with Crippen molar-refractivity contribution in [2.75, 3.05) is 5.32 Å². The number of para-hydroxylation sites is 1. The van der Waals surface area contributed by atoms with Crippen molar-refractivity contribution in [1.82, 2.24) is 4.57 Å². The van der Waals surface area contributed by atoms with Gasteiger partial charge in [0.1, 0.15) is 12.4 Å². The van der Waals surface area contributed by atoms with Gasteiger partial charge in [-0.2, -0.15) is 26.3 Å². The number of carboxylic acids is 1. The number of benzene rings is 4. The van der Waals surface area contributed by atoms with Gasteiger partial charge in [0.15, 0.2) is 0 Å². The molecule has 0 spiro atoms. The summed E-state index contributed by atoms with van der Waals surface area (Å²) >= 11 is 0. The zero-order chi connectivity index (χ0) is 33.2. The molecule has 0 fully saturated rings. The number of halogens is 6. The number of aromatic nitrogens is 1. The number of hydrogen-bond donors (Lipinski definition) is 2. The fourth-order valence-corrected chi connectivity index (χ4v) is 4.71. The molecular weight excluding hydrogens is 618 g/mol. The summed E-state index contributed by atoms with van der Waals surface area (Å²) in [4.78, 5) is 37.2. The van der Waals surface area contributed by atoms with E-state index in [-0.39, 0.29) is 36.0 Å². The molecule has 0 atom stereocenters. The normalized spacial score (nSPS) is 11.8. The second kappa shape index (κ2) is 12.4. The molecular formula is C33H22F6N2O5. The van der Waals surface area contributed by atoms with Crippen molar-refractivity contribution in [3.05, 3.63) is 131 Å². The fourth-order valence-electron chi connectivity index (χ4n) is 4.71. The van der Waals surface area contributed by atoms with E-state index in [1.807, 2.05) is 0 Å². The molecule has 2 N–H and O–H groups in total. The summed E-state index contributed by atoms with van der Waals surface area (Å²) in [5.41, 5.74) is -0.909. The molecule has 236 valence electrons. The van der Waals surface area contributed by atoms with E-state index in [1.165, 1.54) is 30.5 Å². The summed E-state index contributed by atoms with van der Waals surface area (Å²) in [6.45, 7) is -0.0474. The molecule has 0 unspecified atom stereocenters. The van der Waals surface area contributed by atoms with Crippen molar-refractivity contribution < 1.29 is 50.6 Å². The van der Waals surface area contributed by atoms with Gasteiger partial charge in [-0.1, -0.05) is 48.5 Å². The van der Waals surface area contributed by atoms with Gasteiger partial charge in [-0.3, -0.25) is 9.59 Å². The summed E-state index contributed by atoms with van der Waals surface area (Å²) in [6.07, 6.45) is -8.47. The summed E-state index contributed by atoms with van der Waals surface area (Å²) in [7, 11) is 0. The number of rotatable bonds is 9. The number of nitrogens with one attached hydrogen (secondary N) is 1. The monoisotopic (exact) mass is 640 g/mol. The molecule has 0 aliphatic rings. The van der Waals surface area contributed by atoms with Crippen LogP contribution in [-0.2, 0) is 30.3 Å². The van der Waals surface area contributed by atoms with Crippen LogP contribution in [0.15, 0.2) is 97.2 Å². The maximum absolute atomic E-state index is 13.2. The Hall–Kier alpha value is -5.59. The Morgan fingerprint density at radius 2 is 1.39 bits per heavy atom. The first-order valence-electron chi connectivity index (χ1n) is 13.5. The van der Waals surface area contributed by atoms with Crippen molar-refractivity contribution in [3.8, 4) is 5.75 Å². The van der Waals surface area contributed by atoms with Crippen LogP contribution in [0.5, 0.6) is 5.75 Å². The highest BCUT2D eigenvalue weighted by Gasteiger charge is 2.37. The highest BCUT2D eigenvalue weighted by molar-refractivity contribution is 6.48. The average molecular weight is 641 g/mol. The first-order valence-corrected chi connectivity index (χ1v) is 13.5. The predicted octanol–water partition coefficient (Wildman–Crippen LogP) is 7.83. The summed E-state index contributed by atoms with van der Waals surface area (Å²) in [5.74, 6) is -3.58. The number of nitrogens with zero attached hydrogens (tertiary/aromatic N) is 1. The molecule has 0 saturated carbocycles. The molecule has 0 aliphatic carbocycles. The Morgan fingerprint density at radius 1 is 0.761 bits per heavy atom. The van der Waals surface area contributed by atoms with Crippen molar-refractivity contribution >= 4 is 34.3 Å². The number of anilines is 1. The van der Waals surface area contributed by atoms with E-state index in [2.05, 4.69) is 5.32 Å². The summed E-state index contributed by atoms with van der Waals surface area (Å²) < 4.78 is 85.9. The van der Waals surface area contributed by atoms with Gasteiger partial charge >= 0.3 is 18.3 Å². The number of carbonyl (C=O) groups is 3. The number of ether oxygens (including phenoxy) is 1. The number of carbonyl (C=O) groups excluding carboxylic acids is 2. The predicted molar refractivity (Wildman–Crippen MR) is 155 cm³/mol. The lowest BCUT2D eigenvalue weighted by Crippen LogP contribution is -2.22. The molecule has 0 bridgehead atoms. The Morgan fingerprint density at radius 3 is 2.02 bits per heavy atom. The lowest BCUT2D eigenvalue weighted by Gasteiger charge is -2.15. The van der Waals surface area contributed by atoms with Crippen molar-refractivity contribution in [2.24, 2.45) is 0 Å². The number of Topliss-reactive ketones (excluding diaryl/α,β-unsaturated/α-hetero) is 1. The second-order valence-corrected chi connectivity index (χ2v) is 10.2. The number of aromatic carboxylic acids is 1. The molecule has 5 rings (SSSR count). The van der Waals surface area contributed by atoms with Crippen LogP contribution in [0.25, 0.3) is 10.9 Å². The number of amides is 1. The lowest BCUT2D eigenvalue weighted by molar-refractivity contribution is -0.143. The molecule has 1 amide bonds. The van der Waals surface area contributed by atoms with Crippen LogP contribution in [0.2, 0.25) is 0 Å². The van der Waals surface area contributed by atoms with E-state index in [4.69, 9.17) is 4.74 Å². The Labute approximate surface area is 256 Å². The number of hydrogen-bond acceptors (Lipinski definition) is 4. The smallest absolute Gasteiger partial charge is 0.416 e. The molecule has 1 heterocycles. The Kier molecular flexibility index (Phi) is 8.59. The Balaban J connectivity index is 1.31. The van der Waals surface area contributed by atoms with Gasteiger partial charge in [0.25, 0.3) is 11.7 Å². The van der Waals surface area contributed by atoms with Crippen molar-refractivity contribution in [2.45, 2.75) is 25.5 Å². The highest BCUT2D eigenvalue weighted by Crippen LogP contribution is 2.38. The van der Waals surface area contributed by atoms with Crippen molar-refractivity contribution in [1.29, 1.82) is 0 Å². The minimum atomic E-state index is -4.99. The molecule has 13 heteroatoms. The van der Waals surface area contributed by atoms with Gasteiger partial charge < -0.3 is 19.7 Å². The quantitative estimate of drug-likeness (QED) is 0.0973. The van der Waals surface area contributed by atoms with Crippen LogP contribution in [-0.4, -0.2) is 27.3 Å². The molecule has 7 nitrogen and oxygen atoms in total. The van der Waals surface area contributed by atoms with Gasteiger partial charge in [0, 0.05) is 29.3 Å². The van der Waals surface area contributed by atoms with E-state index in [0.29, 0.717) is 28.6 Å². The molecule has 0 radical (unpaired) electrons. The molecule has 0 aliphatic heterocycles. The number of ketones is 1. The van der Waals surface area contributed by atoms with E-state index >= 15 is 0 Å². The maximum Gasteiger partial charge on any atom is 0.416 e. The third-order valence-corrected chi connectivity index (χ3v) is 6.95. The summed E-state index contributed by atoms with van der Waals surface area (Å²) in [6, 6.07) is 20.0. The number of alkyl halides is 6. The third kappa shape index (κ3) is 7.20. The fraction of sp³-hybridized carbons (Fsp3) is 0.121. The standard InChI is InChI=1S/C33H22F6N2O5/c34-32(35,36)22-13-23(33(37,38)39)15-25(14-22)46-18-20-10-8-19(9-11-20)16-41-17-27(26-6-1-2-7-28(26)41)29(42)30(43)40-24-5-3-4-21(12-24)31(44)45/h1-15,17H,16,18H2,(H,40,43)(H,44,45). The Bertz CT molecular complexity index is 1910. The first kappa shape index (κ1) is 31.8. The van der Waals surface area contributed by atoms with Crippen LogP contribution in [0, 0.1) is 0 Å². The molecule has 4 aromatic carbocycles. The summed E-state index contributed by atoms with van der Waals surface area (Å²) in [5, 5.41) is 12.1. The van der Waals surface area contributed by atoms with Crippen molar-refractivity contribution in [3.63, 3.8) is 0 Å². The zero-order valence-electron chi connectivity index (χ0n) is 23.4.